The first kappa shape index (κ1) is 17.5. The fraction of sp³-hybridized carbons (Fsp3) is 0.100. The Hall–Kier alpha value is -3.28. The number of anilines is 2. The molecule has 1 heterocycles. The second-order valence-electron chi connectivity index (χ2n) is 5.82. The Labute approximate surface area is 149 Å². The molecule has 6 heteroatoms. The second-order valence-corrected chi connectivity index (χ2v) is 5.82. The Morgan fingerprint density at radius 1 is 0.962 bits per heavy atom. The van der Waals surface area contributed by atoms with Crippen LogP contribution >= 0.6 is 0 Å². The van der Waals surface area contributed by atoms with Gasteiger partial charge in [-0.1, -0.05) is 30.3 Å². The van der Waals surface area contributed by atoms with E-state index >= 15 is 0 Å². The molecule has 1 unspecified atom stereocenters. The lowest BCUT2D eigenvalue weighted by Crippen LogP contribution is -2.26. The standard InChI is InChI=1S/C20H17F2N3O/c1-13(14-5-3-2-4-6-14)24-20(26)15-9-17(12-23-11-15)25-16-7-8-18(21)19(22)10-16/h2-13,25H,1H3,(H,24,26). The maximum Gasteiger partial charge on any atom is 0.253 e. The van der Waals surface area contributed by atoms with Gasteiger partial charge in [-0.05, 0) is 30.7 Å². The van der Waals surface area contributed by atoms with Crippen molar-refractivity contribution in [2.24, 2.45) is 0 Å². The summed E-state index contributed by atoms with van der Waals surface area (Å²) in [7, 11) is 0. The predicted molar refractivity (Wildman–Crippen MR) is 96.2 cm³/mol. The Morgan fingerprint density at radius 3 is 2.46 bits per heavy atom. The van der Waals surface area contributed by atoms with Crippen LogP contribution in [-0.4, -0.2) is 10.9 Å². The number of halogens is 2. The van der Waals surface area contributed by atoms with E-state index in [2.05, 4.69) is 15.6 Å². The SMILES string of the molecule is CC(NC(=O)c1cncc(Nc2ccc(F)c(F)c2)c1)c1ccccc1. The fourth-order valence-corrected chi connectivity index (χ4v) is 2.48. The monoisotopic (exact) mass is 353 g/mol. The van der Waals surface area contributed by atoms with Gasteiger partial charge in [0.25, 0.3) is 5.91 Å². The van der Waals surface area contributed by atoms with Crippen LogP contribution < -0.4 is 10.6 Å². The van der Waals surface area contributed by atoms with E-state index in [9.17, 15) is 13.6 Å². The van der Waals surface area contributed by atoms with Crippen LogP contribution in [0.2, 0.25) is 0 Å². The molecule has 3 aromatic rings. The van der Waals surface area contributed by atoms with Crippen LogP contribution in [0.5, 0.6) is 0 Å². The van der Waals surface area contributed by atoms with E-state index in [1.54, 1.807) is 6.07 Å². The number of carbonyl (C=O) groups excluding carboxylic acids is 1. The molecule has 0 bridgehead atoms. The molecule has 0 saturated carbocycles. The van der Waals surface area contributed by atoms with Gasteiger partial charge in [0.15, 0.2) is 11.6 Å². The molecule has 0 aliphatic heterocycles. The number of pyridine rings is 1. The van der Waals surface area contributed by atoms with E-state index in [1.807, 2.05) is 37.3 Å². The van der Waals surface area contributed by atoms with Gasteiger partial charge in [-0.2, -0.15) is 0 Å². The van der Waals surface area contributed by atoms with Crippen LogP contribution in [-0.2, 0) is 0 Å². The summed E-state index contributed by atoms with van der Waals surface area (Å²) in [6.45, 7) is 1.89. The normalized spacial score (nSPS) is 11.7. The van der Waals surface area contributed by atoms with Crippen molar-refractivity contribution in [3.05, 3.63) is 89.8 Å². The highest BCUT2D eigenvalue weighted by Crippen LogP contribution is 2.19. The minimum Gasteiger partial charge on any atom is -0.354 e. The van der Waals surface area contributed by atoms with Gasteiger partial charge in [0.05, 0.1) is 23.5 Å². The van der Waals surface area contributed by atoms with Crippen molar-refractivity contribution >= 4 is 17.3 Å². The van der Waals surface area contributed by atoms with Gasteiger partial charge in [-0.3, -0.25) is 9.78 Å². The van der Waals surface area contributed by atoms with Crippen LogP contribution in [0.1, 0.15) is 28.9 Å². The summed E-state index contributed by atoms with van der Waals surface area (Å²) in [4.78, 5) is 16.5. The summed E-state index contributed by atoms with van der Waals surface area (Å²) in [6, 6.07) is 14.5. The topological polar surface area (TPSA) is 54.0 Å². The van der Waals surface area contributed by atoms with E-state index < -0.39 is 11.6 Å². The summed E-state index contributed by atoms with van der Waals surface area (Å²) in [5, 5.41) is 5.81. The number of nitrogens with one attached hydrogen (secondary N) is 2. The van der Waals surface area contributed by atoms with E-state index in [4.69, 9.17) is 0 Å². The zero-order valence-electron chi connectivity index (χ0n) is 14.0. The van der Waals surface area contributed by atoms with Crippen LogP contribution in [0.4, 0.5) is 20.2 Å². The molecule has 0 aliphatic carbocycles. The van der Waals surface area contributed by atoms with Gasteiger partial charge in [-0.15, -0.1) is 0 Å². The summed E-state index contributed by atoms with van der Waals surface area (Å²) >= 11 is 0. The molecule has 0 aliphatic rings. The van der Waals surface area contributed by atoms with Crippen molar-refractivity contribution in [2.45, 2.75) is 13.0 Å². The van der Waals surface area contributed by atoms with Crippen molar-refractivity contribution in [2.75, 3.05) is 5.32 Å². The summed E-state index contributed by atoms with van der Waals surface area (Å²) in [5.41, 5.74) is 2.21. The van der Waals surface area contributed by atoms with Crippen LogP contribution in [0.15, 0.2) is 67.0 Å². The molecule has 3 rings (SSSR count). The molecule has 2 aromatic carbocycles. The van der Waals surface area contributed by atoms with Crippen molar-refractivity contribution in [3.63, 3.8) is 0 Å². The van der Waals surface area contributed by atoms with Crippen molar-refractivity contribution < 1.29 is 13.6 Å². The number of hydrogen-bond donors (Lipinski definition) is 2. The average Bonchev–Trinajstić information content (AvgIpc) is 2.65. The molecule has 4 nitrogen and oxygen atoms in total. The van der Waals surface area contributed by atoms with Gasteiger partial charge in [0.2, 0.25) is 0 Å². The third-order valence-corrected chi connectivity index (χ3v) is 3.86. The number of aromatic nitrogens is 1. The lowest BCUT2D eigenvalue weighted by Gasteiger charge is -2.14. The number of hydrogen-bond acceptors (Lipinski definition) is 3. The number of carbonyl (C=O) groups is 1. The van der Waals surface area contributed by atoms with Crippen LogP contribution in [0.25, 0.3) is 0 Å². The minimum atomic E-state index is -0.950. The average molecular weight is 353 g/mol. The summed E-state index contributed by atoms with van der Waals surface area (Å²) in [5.74, 6) is -2.15. The number of nitrogens with zero attached hydrogens (tertiary/aromatic N) is 1. The highest BCUT2D eigenvalue weighted by Gasteiger charge is 2.12. The first-order valence-corrected chi connectivity index (χ1v) is 8.06. The van der Waals surface area contributed by atoms with E-state index in [0.29, 0.717) is 16.9 Å². The van der Waals surface area contributed by atoms with Gasteiger partial charge in [0.1, 0.15) is 0 Å². The van der Waals surface area contributed by atoms with E-state index in [1.165, 1.54) is 18.5 Å². The lowest BCUT2D eigenvalue weighted by molar-refractivity contribution is 0.0939. The Balaban J connectivity index is 1.72. The van der Waals surface area contributed by atoms with Crippen molar-refractivity contribution in [1.82, 2.24) is 10.3 Å². The van der Waals surface area contributed by atoms with Crippen LogP contribution in [0, 0.1) is 11.6 Å². The third kappa shape index (κ3) is 4.22. The van der Waals surface area contributed by atoms with Crippen molar-refractivity contribution in [1.29, 1.82) is 0 Å². The second kappa shape index (κ2) is 7.74. The quantitative estimate of drug-likeness (QED) is 0.705. The Bertz CT molecular complexity index is 916. The molecule has 0 spiro atoms. The number of benzene rings is 2. The predicted octanol–water partition coefficient (Wildman–Crippen LogP) is 4.59. The van der Waals surface area contributed by atoms with Gasteiger partial charge >= 0.3 is 0 Å². The first-order chi connectivity index (χ1) is 12.5. The third-order valence-electron chi connectivity index (χ3n) is 3.86. The summed E-state index contributed by atoms with van der Waals surface area (Å²) < 4.78 is 26.3. The zero-order valence-corrected chi connectivity index (χ0v) is 14.0. The lowest BCUT2D eigenvalue weighted by atomic mass is 10.1. The minimum absolute atomic E-state index is 0.161. The molecule has 1 atom stereocenters. The molecule has 0 fully saturated rings. The van der Waals surface area contributed by atoms with Crippen LogP contribution in [0.3, 0.4) is 0 Å². The molecule has 1 aromatic heterocycles. The maximum absolute atomic E-state index is 13.3. The van der Waals surface area contributed by atoms with Crippen molar-refractivity contribution in [3.8, 4) is 0 Å². The Morgan fingerprint density at radius 2 is 1.73 bits per heavy atom. The largest absolute Gasteiger partial charge is 0.354 e. The zero-order chi connectivity index (χ0) is 18.5. The van der Waals surface area contributed by atoms with E-state index in [0.717, 1.165) is 17.7 Å². The Kier molecular flexibility index (Phi) is 5.22. The van der Waals surface area contributed by atoms with Gasteiger partial charge in [0, 0.05) is 18.0 Å². The van der Waals surface area contributed by atoms with Gasteiger partial charge in [-0.25, -0.2) is 8.78 Å². The maximum atomic E-state index is 13.3. The first-order valence-electron chi connectivity index (χ1n) is 8.06. The molecule has 1 amide bonds. The molecular formula is C20H17F2N3O. The molecule has 2 N–H and O–H groups in total. The smallest absolute Gasteiger partial charge is 0.253 e. The molecule has 26 heavy (non-hydrogen) atoms. The number of amides is 1. The highest BCUT2D eigenvalue weighted by molar-refractivity contribution is 5.95. The number of rotatable bonds is 5. The molecule has 132 valence electrons. The summed E-state index contributed by atoms with van der Waals surface area (Å²) in [6.07, 6.45) is 2.95. The highest BCUT2D eigenvalue weighted by atomic mass is 19.2. The van der Waals surface area contributed by atoms with Gasteiger partial charge < -0.3 is 10.6 Å². The molecular weight excluding hydrogens is 336 g/mol. The molecule has 0 saturated heterocycles. The molecule has 0 radical (unpaired) electrons. The van der Waals surface area contributed by atoms with E-state index in [-0.39, 0.29) is 11.9 Å². The fourth-order valence-electron chi connectivity index (χ4n) is 2.48.